The number of hydrogen-bond acceptors (Lipinski definition) is 5. The maximum absolute atomic E-state index is 9.72. The Morgan fingerprint density at radius 1 is 1.27 bits per heavy atom. The molecule has 0 bridgehead atoms. The summed E-state index contributed by atoms with van der Waals surface area (Å²) in [7, 11) is 0. The zero-order chi connectivity index (χ0) is 15.8. The summed E-state index contributed by atoms with van der Waals surface area (Å²) in [6.45, 7) is 2.55. The number of pyridine rings is 1. The number of rotatable bonds is 7. The molecule has 0 unspecified atom stereocenters. The molecule has 5 nitrogen and oxygen atoms in total. The largest absolute Gasteiger partial charge is 0.504 e. The second-order valence-electron chi connectivity index (χ2n) is 4.36. The minimum atomic E-state index is 0.0694. The highest BCUT2D eigenvalue weighted by Gasteiger charge is 2.05. The molecule has 116 valence electrons. The molecular formula is C16H17ClN2O3. The van der Waals surface area contributed by atoms with Gasteiger partial charge in [-0.2, -0.15) is 0 Å². The Labute approximate surface area is 134 Å². The van der Waals surface area contributed by atoms with Gasteiger partial charge in [0, 0.05) is 23.0 Å². The number of nitrogens with zero attached hydrogens (tertiary/aromatic N) is 1. The summed E-state index contributed by atoms with van der Waals surface area (Å²) in [6.07, 6.45) is 3.30. The van der Waals surface area contributed by atoms with Crippen LogP contribution in [-0.2, 0) is 9.78 Å². The molecule has 2 rings (SSSR count). The fourth-order valence-electron chi connectivity index (χ4n) is 1.72. The van der Waals surface area contributed by atoms with Crippen molar-refractivity contribution in [2.45, 2.75) is 6.92 Å². The Hall–Kier alpha value is -2.08. The van der Waals surface area contributed by atoms with Crippen molar-refractivity contribution in [3.05, 3.63) is 59.4 Å². The number of benzene rings is 1. The molecule has 1 heterocycles. The lowest BCUT2D eigenvalue weighted by Crippen LogP contribution is -2.02. The minimum absolute atomic E-state index is 0.0694. The SMILES string of the molecule is CCOOC/C(=C\Nc1ncccc1O)c1ccc(Cl)cc1. The summed E-state index contributed by atoms with van der Waals surface area (Å²) in [5.41, 5.74) is 1.75. The van der Waals surface area contributed by atoms with Gasteiger partial charge in [0.25, 0.3) is 0 Å². The fourth-order valence-corrected chi connectivity index (χ4v) is 1.85. The van der Waals surface area contributed by atoms with Crippen molar-refractivity contribution >= 4 is 23.0 Å². The van der Waals surface area contributed by atoms with Crippen LogP contribution in [0.15, 0.2) is 48.8 Å². The zero-order valence-electron chi connectivity index (χ0n) is 12.1. The Bertz CT molecular complexity index is 630. The lowest BCUT2D eigenvalue weighted by Gasteiger charge is -2.10. The second-order valence-corrected chi connectivity index (χ2v) is 4.80. The first-order valence-corrected chi connectivity index (χ1v) is 7.18. The molecule has 2 aromatic rings. The number of anilines is 1. The Morgan fingerprint density at radius 3 is 2.73 bits per heavy atom. The maximum atomic E-state index is 9.72. The van der Waals surface area contributed by atoms with E-state index in [-0.39, 0.29) is 12.4 Å². The maximum Gasteiger partial charge on any atom is 0.172 e. The third-order valence-electron chi connectivity index (χ3n) is 2.80. The average Bonchev–Trinajstić information content (AvgIpc) is 2.53. The smallest absolute Gasteiger partial charge is 0.172 e. The van der Waals surface area contributed by atoms with Crippen molar-refractivity contribution in [2.24, 2.45) is 0 Å². The topological polar surface area (TPSA) is 63.6 Å². The summed E-state index contributed by atoms with van der Waals surface area (Å²) in [4.78, 5) is 14.1. The van der Waals surface area contributed by atoms with Crippen molar-refractivity contribution in [1.82, 2.24) is 4.98 Å². The van der Waals surface area contributed by atoms with Crippen LogP contribution >= 0.6 is 11.6 Å². The van der Waals surface area contributed by atoms with Crippen LogP contribution in [0, 0.1) is 0 Å². The summed E-state index contributed by atoms with van der Waals surface area (Å²) in [6, 6.07) is 10.6. The van der Waals surface area contributed by atoms with E-state index in [1.54, 1.807) is 36.7 Å². The molecule has 6 heteroatoms. The van der Waals surface area contributed by atoms with Gasteiger partial charge in [-0.3, -0.25) is 0 Å². The van der Waals surface area contributed by atoms with Crippen LogP contribution in [-0.4, -0.2) is 23.3 Å². The van der Waals surface area contributed by atoms with Crippen LogP contribution in [0.2, 0.25) is 5.02 Å². The van der Waals surface area contributed by atoms with E-state index in [9.17, 15) is 5.11 Å². The Kier molecular flexibility index (Phi) is 6.21. The quantitative estimate of drug-likeness (QED) is 0.461. The van der Waals surface area contributed by atoms with Gasteiger partial charge in [-0.1, -0.05) is 23.7 Å². The van der Waals surface area contributed by atoms with Crippen LogP contribution in [0.25, 0.3) is 5.57 Å². The monoisotopic (exact) mass is 320 g/mol. The lowest BCUT2D eigenvalue weighted by molar-refractivity contribution is -0.280. The Morgan fingerprint density at radius 2 is 2.05 bits per heavy atom. The summed E-state index contributed by atoms with van der Waals surface area (Å²) in [5.74, 6) is 0.435. The van der Waals surface area contributed by atoms with Gasteiger partial charge in [-0.15, -0.1) is 0 Å². The summed E-state index contributed by atoms with van der Waals surface area (Å²) in [5, 5.41) is 13.3. The number of hydrogen-bond donors (Lipinski definition) is 2. The molecule has 0 amide bonds. The predicted molar refractivity (Wildman–Crippen MR) is 86.5 cm³/mol. The van der Waals surface area contributed by atoms with E-state index in [1.807, 2.05) is 19.1 Å². The van der Waals surface area contributed by atoms with Gasteiger partial charge in [0.1, 0.15) is 6.61 Å². The summed E-state index contributed by atoms with van der Waals surface area (Å²) < 4.78 is 0. The van der Waals surface area contributed by atoms with Crippen LogP contribution < -0.4 is 5.32 Å². The van der Waals surface area contributed by atoms with E-state index in [0.29, 0.717) is 17.4 Å². The predicted octanol–water partition coefficient (Wildman–Crippen LogP) is 3.86. The fraction of sp³-hybridized carbons (Fsp3) is 0.188. The van der Waals surface area contributed by atoms with E-state index < -0.39 is 0 Å². The minimum Gasteiger partial charge on any atom is -0.504 e. The molecule has 1 aromatic carbocycles. The number of halogens is 1. The normalized spacial score (nSPS) is 11.5. The molecule has 2 N–H and O–H groups in total. The van der Waals surface area contributed by atoms with Gasteiger partial charge in [0.2, 0.25) is 0 Å². The van der Waals surface area contributed by atoms with Gasteiger partial charge in [0.15, 0.2) is 11.6 Å². The molecule has 0 aliphatic heterocycles. The average molecular weight is 321 g/mol. The van der Waals surface area contributed by atoms with Crippen molar-refractivity contribution in [3.8, 4) is 5.75 Å². The molecule has 0 atom stereocenters. The van der Waals surface area contributed by atoms with E-state index in [1.165, 1.54) is 0 Å². The number of aromatic hydroxyl groups is 1. The van der Waals surface area contributed by atoms with Crippen LogP contribution in [0.5, 0.6) is 5.75 Å². The van der Waals surface area contributed by atoms with E-state index in [2.05, 4.69) is 10.3 Å². The molecule has 0 aliphatic rings. The molecule has 22 heavy (non-hydrogen) atoms. The first-order valence-electron chi connectivity index (χ1n) is 6.80. The van der Waals surface area contributed by atoms with Crippen LogP contribution in [0.3, 0.4) is 0 Å². The van der Waals surface area contributed by atoms with Crippen LogP contribution in [0.1, 0.15) is 12.5 Å². The second kappa shape index (κ2) is 8.38. The molecular weight excluding hydrogens is 304 g/mol. The standard InChI is InChI=1S/C16H17ClN2O3/c1-2-21-22-11-13(12-5-7-14(17)8-6-12)10-19-16-15(20)4-3-9-18-16/h3-10,20H,2,11H2,1H3,(H,18,19)/b13-10+. The molecule has 1 aromatic heterocycles. The summed E-state index contributed by atoms with van der Waals surface area (Å²) >= 11 is 5.90. The van der Waals surface area contributed by atoms with Gasteiger partial charge < -0.3 is 10.4 Å². The van der Waals surface area contributed by atoms with E-state index in [0.717, 1.165) is 11.1 Å². The molecule has 0 fully saturated rings. The van der Waals surface area contributed by atoms with Gasteiger partial charge in [-0.25, -0.2) is 14.8 Å². The number of nitrogens with one attached hydrogen (secondary N) is 1. The van der Waals surface area contributed by atoms with Gasteiger partial charge in [0.05, 0.1) is 6.61 Å². The van der Waals surface area contributed by atoms with Crippen molar-refractivity contribution in [2.75, 3.05) is 18.5 Å². The van der Waals surface area contributed by atoms with E-state index in [4.69, 9.17) is 21.4 Å². The molecule has 0 saturated carbocycles. The first kappa shape index (κ1) is 16.3. The third-order valence-corrected chi connectivity index (χ3v) is 3.05. The molecule has 0 spiro atoms. The third kappa shape index (κ3) is 4.73. The van der Waals surface area contributed by atoms with Crippen molar-refractivity contribution < 1.29 is 14.9 Å². The zero-order valence-corrected chi connectivity index (χ0v) is 12.9. The van der Waals surface area contributed by atoms with Crippen molar-refractivity contribution in [1.29, 1.82) is 0 Å². The van der Waals surface area contributed by atoms with Gasteiger partial charge >= 0.3 is 0 Å². The first-order chi connectivity index (χ1) is 10.7. The molecule has 0 aliphatic carbocycles. The van der Waals surface area contributed by atoms with Gasteiger partial charge in [-0.05, 0) is 36.8 Å². The van der Waals surface area contributed by atoms with Crippen LogP contribution in [0.4, 0.5) is 5.82 Å². The highest BCUT2D eigenvalue weighted by molar-refractivity contribution is 6.30. The molecule has 0 saturated heterocycles. The highest BCUT2D eigenvalue weighted by atomic mass is 35.5. The number of aromatic nitrogens is 1. The lowest BCUT2D eigenvalue weighted by atomic mass is 10.1. The van der Waals surface area contributed by atoms with Crippen molar-refractivity contribution in [3.63, 3.8) is 0 Å². The van der Waals surface area contributed by atoms with E-state index >= 15 is 0 Å². The highest BCUT2D eigenvalue weighted by Crippen LogP contribution is 2.21. The molecule has 0 radical (unpaired) electrons. The Balaban J connectivity index is 2.17.